The lowest BCUT2D eigenvalue weighted by molar-refractivity contribution is -0.145. The summed E-state index contributed by atoms with van der Waals surface area (Å²) in [4.78, 5) is 14.3. The van der Waals surface area contributed by atoms with Gasteiger partial charge in [-0.05, 0) is 103 Å². The van der Waals surface area contributed by atoms with E-state index >= 15 is 0 Å². The van der Waals surface area contributed by atoms with Crippen molar-refractivity contribution in [1.29, 1.82) is 0 Å². The van der Waals surface area contributed by atoms with Gasteiger partial charge in [-0.3, -0.25) is 4.79 Å². The highest BCUT2D eigenvalue weighted by atomic mass is 35.5. The Morgan fingerprint density at radius 2 is 1.75 bits per heavy atom. The first-order valence-electron chi connectivity index (χ1n) is 14.2. The SMILES string of the molecule is COC(=O)C1(Sc2cccc(Cl)c2)CCC2(CC1)c1ccccc1C[C@@H]2C[C@@H](C)COCc1ccc(OC)cc1. The van der Waals surface area contributed by atoms with E-state index in [0.717, 1.165) is 61.3 Å². The smallest absolute Gasteiger partial charge is 0.322 e. The monoisotopic (exact) mass is 578 g/mol. The summed E-state index contributed by atoms with van der Waals surface area (Å²) >= 11 is 7.90. The summed E-state index contributed by atoms with van der Waals surface area (Å²) < 4.78 is 16.2. The molecule has 2 aliphatic carbocycles. The number of hydrogen-bond acceptors (Lipinski definition) is 5. The summed E-state index contributed by atoms with van der Waals surface area (Å²) in [5.41, 5.74) is 4.18. The van der Waals surface area contributed by atoms with Crippen LogP contribution in [-0.4, -0.2) is 31.5 Å². The first-order valence-corrected chi connectivity index (χ1v) is 15.4. The van der Waals surface area contributed by atoms with Crippen LogP contribution in [0.1, 0.15) is 55.7 Å². The molecule has 0 amide bonds. The topological polar surface area (TPSA) is 44.8 Å². The zero-order valence-electron chi connectivity index (χ0n) is 23.7. The van der Waals surface area contributed by atoms with Crippen molar-refractivity contribution in [2.24, 2.45) is 11.8 Å². The van der Waals surface area contributed by atoms with E-state index in [1.165, 1.54) is 18.2 Å². The third-order valence-electron chi connectivity index (χ3n) is 8.94. The average Bonchev–Trinajstić information content (AvgIpc) is 3.26. The standard InChI is InChI=1S/C34H39ClO4S/c1-24(22-39-23-25-11-13-29(37-2)14-12-25)19-27-20-26-7-4-5-10-31(26)33(27)15-17-34(18-16-33,32(36)38-3)40-30-9-6-8-28(35)21-30/h4-14,21,24,27H,15-20,22-23H2,1-3H3/t24-,27+,33?,34?/m1/s1. The minimum Gasteiger partial charge on any atom is -0.497 e. The van der Waals surface area contributed by atoms with Gasteiger partial charge in [0.15, 0.2) is 0 Å². The molecule has 1 spiro atoms. The van der Waals surface area contributed by atoms with Gasteiger partial charge in [0.2, 0.25) is 0 Å². The third kappa shape index (κ3) is 6.07. The molecule has 0 aromatic heterocycles. The summed E-state index contributed by atoms with van der Waals surface area (Å²) in [5.74, 6) is 1.69. The molecule has 3 aromatic carbocycles. The Labute approximate surface area is 247 Å². The summed E-state index contributed by atoms with van der Waals surface area (Å²) in [6.45, 7) is 3.64. The van der Waals surface area contributed by atoms with Gasteiger partial charge in [0.1, 0.15) is 10.5 Å². The fourth-order valence-corrected chi connectivity index (χ4v) is 8.51. The van der Waals surface area contributed by atoms with Crippen molar-refractivity contribution in [3.8, 4) is 5.75 Å². The Bertz CT molecular complexity index is 1300. The molecule has 1 saturated carbocycles. The van der Waals surface area contributed by atoms with Crippen LogP contribution in [0.15, 0.2) is 77.7 Å². The van der Waals surface area contributed by atoms with Gasteiger partial charge < -0.3 is 14.2 Å². The molecule has 0 saturated heterocycles. The van der Waals surface area contributed by atoms with E-state index in [9.17, 15) is 4.79 Å². The van der Waals surface area contributed by atoms with Gasteiger partial charge >= 0.3 is 5.97 Å². The normalized spacial score (nSPS) is 24.4. The molecule has 5 rings (SSSR count). The zero-order valence-corrected chi connectivity index (χ0v) is 25.2. The van der Waals surface area contributed by atoms with Crippen LogP contribution in [0.3, 0.4) is 0 Å². The minimum absolute atomic E-state index is 0.0766. The lowest BCUT2D eigenvalue weighted by Gasteiger charge is -2.47. The minimum atomic E-state index is -0.597. The molecule has 6 heteroatoms. The second-order valence-corrected chi connectivity index (χ2v) is 13.4. The molecular weight excluding hydrogens is 540 g/mol. The number of carbonyl (C=O) groups is 1. The summed E-state index contributed by atoms with van der Waals surface area (Å²) in [6.07, 6.45) is 5.69. The molecule has 0 bridgehead atoms. The van der Waals surface area contributed by atoms with E-state index < -0.39 is 4.75 Å². The second-order valence-electron chi connectivity index (χ2n) is 11.5. The Morgan fingerprint density at radius 3 is 2.45 bits per heavy atom. The highest BCUT2D eigenvalue weighted by Gasteiger charge is 2.54. The quantitative estimate of drug-likeness (QED) is 0.226. The van der Waals surface area contributed by atoms with Gasteiger partial charge in [-0.1, -0.05) is 61.0 Å². The van der Waals surface area contributed by atoms with E-state index in [-0.39, 0.29) is 11.4 Å². The van der Waals surface area contributed by atoms with Crippen molar-refractivity contribution in [2.45, 2.75) is 67.1 Å². The molecule has 0 radical (unpaired) electrons. The van der Waals surface area contributed by atoms with Gasteiger partial charge in [-0.2, -0.15) is 0 Å². The Hall–Kier alpha value is -2.47. The van der Waals surface area contributed by atoms with Crippen LogP contribution in [-0.2, 0) is 32.7 Å². The molecule has 212 valence electrons. The van der Waals surface area contributed by atoms with Gasteiger partial charge in [0.25, 0.3) is 0 Å². The predicted octanol–water partition coefficient (Wildman–Crippen LogP) is 8.28. The number of rotatable bonds is 10. The van der Waals surface area contributed by atoms with Gasteiger partial charge in [-0.15, -0.1) is 11.8 Å². The zero-order chi connectivity index (χ0) is 28.2. The van der Waals surface area contributed by atoms with E-state index in [2.05, 4.69) is 43.3 Å². The van der Waals surface area contributed by atoms with Crippen LogP contribution in [0.5, 0.6) is 5.75 Å². The molecule has 0 heterocycles. The molecule has 4 nitrogen and oxygen atoms in total. The maximum atomic E-state index is 13.3. The number of fused-ring (bicyclic) bond motifs is 2. The van der Waals surface area contributed by atoms with Crippen LogP contribution in [0.2, 0.25) is 5.02 Å². The maximum absolute atomic E-state index is 13.3. The van der Waals surface area contributed by atoms with Crippen LogP contribution >= 0.6 is 23.4 Å². The van der Waals surface area contributed by atoms with Crippen molar-refractivity contribution >= 4 is 29.3 Å². The van der Waals surface area contributed by atoms with Gasteiger partial charge in [-0.25, -0.2) is 0 Å². The summed E-state index contributed by atoms with van der Waals surface area (Å²) in [5, 5.41) is 0.685. The molecule has 1 fully saturated rings. The molecule has 0 aliphatic heterocycles. The van der Waals surface area contributed by atoms with Crippen LogP contribution in [0.25, 0.3) is 0 Å². The summed E-state index contributed by atoms with van der Waals surface area (Å²) in [6, 6.07) is 24.8. The number of methoxy groups -OCH3 is 2. The van der Waals surface area contributed by atoms with Crippen molar-refractivity contribution < 1.29 is 19.0 Å². The first kappa shape index (κ1) is 29.0. The average molecular weight is 579 g/mol. The third-order valence-corrected chi connectivity index (χ3v) is 10.6. The first-order chi connectivity index (χ1) is 19.4. The fraction of sp³-hybridized carbons (Fsp3) is 0.441. The molecule has 3 aromatic rings. The highest BCUT2D eigenvalue weighted by Crippen LogP contribution is 2.58. The van der Waals surface area contributed by atoms with E-state index in [1.807, 2.05) is 36.4 Å². The second kappa shape index (κ2) is 12.6. The van der Waals surface area contributed by atoms with Crippen molar-refractivity contribution in [3.05, 3.63) is 94.5 Å². The van der Waals surface area contributed by atoms with Crippen molar-refractivity contribution in [3.63, 3.8) is 0 Å². The molecule has 0 unspecified atom stereocenters. The number of carbonyl (C=O) groups excluding carboxylic acids is 1. The van der Waals surface area contributed by atoms with Crippen LogP contribution in [0.4, 0.5) is 0 Å². The summed E-state index contributed by atoms with van der Waals surface area (Å²) in [7, 11) is 3.19. The fourth-order valence-electron chi connectivity index (χ4n) is 6.89. The largest absolute Gasteiger partial charge is 0.497 e. The molecule has 2 atom stereocenters. The Balaban J connectivity index is 1.29. The maximum Gasteiger partial charge on any atom is 0.322 e. The van der Waals surface area contributed by atoms with Gasteiger partial charge in [0, 0.05) is 16.5 Å². The lowest BCUT2D eigenvalue weighted by atomic mass is 9.61. The number of thioether (sulfide) groups is 1. The van der Waals surface area contributed by atoms with Crippen molar-refractivity contribution in [1.82, 2.24) is 0 Å². The number of halogens is 1. The molecule has 2 aliphatic rings. The molecular formula is C34H39ClO4S. The predicted molar refractivity (Wildman–Crippen MR) is 162 cm³/mol. The van der Waals surface area contributed by atoms with E-state index in [0.29, 0.717) is 23.5 Å². The van der Waals surface area contributed by atoms with Crippen molar-refractivity contribution in [2.75, 3.05) is 20.8 Å². The number of hydrogen-bond donors (Lipinski definition) is 0. The van der Waals surface area contributed by atoms with E-state index in [1.54, 1.807) is 18.9 Å². The van der Waals surface area contributed by atoms with E-state index in [4.69, 9.17) is 25.8 Å². The molecule has 0 N–H and O–H groups in total. The molecule has 40 heavy (non-hydrogen) atoms. The Kier molecular flexibility index (Phi) is 9.14. The number of esters is 1. The number of ether oxygens (including phenoxy) is 3. The highest BCUT2D eigenvalue weighted by molar-refractivity contribution is 8.01. The lowest BCUT2D eigenvalue weighted by Crippen LogP contribution is -2.47. The van der Waals surface area contributed by atoms with Gasteiger partial charge in [0.05, 0.1) is 20.8 Å². The van der Waals surface area contributed by atoms with Crippen LogP contribution in [0, 0.1) is 11.8 Å². The van der Waals surface area contributed by atoms with Crippen LogP contribution < -0.4 is 4.74 Å². The Morgan fingerprint density at radius 1 is 1.00 bits per heavy atom. The number of benzene rings is 3.